The van der Waals surface area contributed by atoms with E-state index in [-0.39, 0.29) is 11.7 Å². The standard InChI is InChI=1S/C18H18FN3O4S/c1-11-8-9-16(14(19)10-11)27(23,24)22-17(18-20-12(2)26-21-18)13-6-4-5-7-15(13)25-3/h4-10,17,22H,1-3H3/t17-/m1/s1. The number of ether oxygens (including phenoxy) is 1. The van der Waals surface area contributed by atoms with Gasteiger partial charge in [0.2, 0.25) is 15.9 Å². The molecule has 0 saturated carbocycles. The van der Waals surface area contributed by atoms with Crippen molar-refractivity contribution in [2.24, 2.45) is 0 Å². The number of nitrogens with one attached hydrogen (secondary N) is 1. The monoisotopic (exact) mass is 391 g/mol. The number of para-hydroxylation sites is 1. The van der Waals surface area contributed by atoms with Crippen molar-refractivity contribution in [3.63, 3.8) is 0 Å². The Morgan fingerprint density at radius 1 is 1.19 bits per heavy atom. The molecule has 0 spiro atoms. The third kappa shape index (κ3) is 3.99. The van der Waals surface area contributed by atoms with Crippen LogP contribution in [-0.2, 0) is 10.0 Å². The Morgan fingerprint density at radius 3 is 2.56 bits per heavy atom. The Labute approximate surface area is 156 Å². The van der Waals surface area contributed by atoms with Gasteiger partial charge in [0, 0.05) is 12.5 Å². The molecule has 1 aromatic heterocycles. The van der Waals surface area contributed by atoms with Gasteiger partial charge < -0.3 is 9.26 Å². The molecule has 27 heavy (non-hydrogen) atoms. The molecule has 0 aliphatic rings. The van der Waals surface area contributed by atoms with Crippen molar-refractivity contribution in [3.05, 3.63) is 71.1 Å². The Morgan fingerprint density at radius 2 is 1.93 bits per heavy atom. The van der Waals surface area contributed by atoms with Crippen LogP contribution in [0.1, 0.15) is 28.9 Å². The maximum Gasteiger partial charge on any atom is 0.244 e. The quantitative estimate of drug-likeness (QED) is 0.694. The first-order valence-electron chi connectivity index (χ1n) is 8.03. The van der Waals surface area contributed by atoms with Gasteiger partial charge in [0.25, 0.3) is 0 Å². The molecule has 0 unspecified atom stereocenters. The number of hydrogen-bond acceptors (Lipinski definition) is 6. The summed E-state index contributed by atoms with van der Waals surface area (Å²) in [5, 5.41) is 3.82. The van der Waals surface area contributed by atoms with Crippen LogP contribution in [0.15, 0.2) is 51.9 Å². The van der Waals surface area contributed by atoms with Gasteiger partial charge in [-0.1, -0.05) is 29.4 Å². The normalized spacial score (nSPS) is 12.7. The minimum atomic E-state index is -4.22. The van der Waals surface area contributed by atoms with E-state index < -0.39 is 26.8 Å². The molecule has 3 aromatic rings. The second kappa shape index (κ2) is 7.45. The second-order valence-electron chi connectivity index (χ2n) is 5.90. The molecule has 3 rings (SSSR count). The minimum Gasteiger partial charge on any atom is -0.496 e. The van der Waals surface area contributed by atoms with Crippen molar-refractivity contribution in [3.8, 4) is 5.75 Å². The van der Waals surface area contributed by atoms with Gasteiger partial charge in [-0.2, -0.15) is 9.71 Å². The van der Waals surface area contributed by atoms with Gasteiger partial charge in [0.05, 0.1) is 7.11 Å². The highest BCUT2D eigenvalue weighted by Crippen LogP contribution is 2.30. The first-order valence-corrected chi connectivity index (χ1v) is 9.52. The summed E-state index contributed by atoms with van der Waals surface area (Å²) in [6, 6.07) is 9.68. The number of rotatable bonds is 6. The molecule has 0 amide bonds. The molecule has 9 heteroatoms. The molecule has 1 N–H and O–H groups in total. The maximum absolute atomic E-state index is 14.3. The topological polar surface area (TPSA) is 94.3 Å². The first-order chi connectivity index (χ1) is 12.8. The van der Waals surface area contributed by atoms with E-state index in [9.17, 15) is 12.8 Å². The summed E-state index contributed by atoms with van der Waals surface area (Å²) in [5.41, 5.74) is 1.08. The van der Waals surface area contributed by atoms with E-state index in [1.54, 1.807) is 38.1 Å². The molecule has 7 nitrogen and oxygen atoms in total. The lowest BCUT2D eigenvalue weighted by Gasteiger charge is -2.19. The van der Waals surface area contributed by atoms with Crippen LogP contribution < -0.4 is 9.46 Å². The maximum atomic E-state index is 14.3. The summed E-state index contributed by atoms with van der Waals surface area (Å²) < 4.78 is 52.7. The molecule has 0 radical (unpaired) electrons. The fourth-order valence-electron chi connectivity index (χ4n) is 2.63. The average Bonchev–Trinajstić information content (AvgIpc) is 3.05. The van der Waals surface area contributed by atoms with Crippen LogP contribution in [0.5, 0.6) is 5.75 Å². The van der Waals surface area contributed by atoms with Gasteiger partial charge in [-0.05, 0) is 30.7 Å². The summed E-state index contributed by atoms with van der Waals surface area (Å²) in [6.45, 7) is 3.26. The lowest BCUT2D eigenvalue weighted by molar-refractivity contribution is 0.381. The highest BCUT2D eigenvalue weighted by molar-refractivity contribution is 7.89. The highest BCUT2D eigenvalue weighted by Gasteiger charge is 2.30. The zero-order valence-electron chi connectivity index (χ0n) is 14.9. The van der Waals surface area contributed by atoms with Crippen LogP contribution in [0.4, 0.5) is 4.39 Å². The van der Waals surface area contributed by atoms with Crippen molar-refractivity contribution in [2.45, 2.75) is 24.8 Å². The van der Waals surface area contributed by atoms with Crippen LogP contribution in [0.25, 0.3) is 0 Å². The van der Waals surface area contributed by atoms with E-state index in [0.29, 0.717) is 16.9 Å². The fraction of sp³-hybridized carbons (Fsp3) is 0.222. The number of nitrogens with zero attached hydrogens (tertiary/aromatic N) is 2. The zero-order chi connectivity index (χ0) is 19.6. The van der Waals surface area contributed by atoms with Crippen LogP contribution in [0.3, 0.4) is 0 Å². The molecule has 0 saturated heterocycles. The van der Waals surface area contributed by atoms with Gasteiger partial charge in [0.1, 0.15) is 22.5 Å². The number of aryl methyl sites for hydroxylation is 2. The summed E-state index contributed by atoms with van der Waals surface area (Å²) in [7, 11) is -2.76. The molecular formula is C18H18FN3O4S. The van der Waals surface area contributed by atoms with E-state index in [1.165, 1.54) is 19.2 Å². The molecule has 1 heterocycles. The number of hydrogen-bond donors (Lipinski definition) is 1. The van der Waals surface area contributed by atoms with Gasteiger partial charge in [-0.3, -0.25) is 0 Å². The number of methoxy groups -OCH3 is 1. The van der Waals surface area contributed by atoms with Crippen molar-refractivity contribution >= 4 is 10.0 Å². The number of halogens is 1. The van der Waals surface area contributed by atoms with Crippen LogP contribution in [0, 0.1) is 19.7 Å². The van der Waals surface area contributed by atoms with Gasteiger partial charge in [0.15, 0.2) is 5.82 Å². The van der Waals surface area contributed by atoms with Crippen molar-refractivity contribution < 1.29 is 22.1 Å². The number of sulfonamides is 1. The average molecular weight is 391 g/mol. The Kier molecular flexibility index (Phi) is 5.24. The molecule has 0 aliphatic heterocycles. The molecule has 142 valence electrons. The molecular weight excluding hydrogens is 373 g/mol. The molecule has 0 aliphatic carbocycles. The number of benzene rings is 2. The van der Waals surface area contributed by atoms with E-state index in [2.05, 4.69) is 14.9 Å². The lowest BCUT2D eigenvalue weighted by Crippen LogP contribution is -2.31. The Balaban J connectivity index is 2.09. The molecule has 0 fully saturated rings. The summed E-state index contributed by atoms with van der Waals surface area (Å²) >= 11 is 0. The van der Waals surface area contributed by atoms with Crippen LogP contribution >= 0.6 is 0 Å². The minimum absolute atomic E-state index is 0.0908. The fourth-order valence-corrected chi connectivity index (χ4v) is 3.87. The first kappa shape index (κ1) is 19.0. The predicted molar refractivity (Wildman–Crippen MR) is 95.3 cm³/mol. The molecule has 0 bridgehead atoms. The third-order valence-corrected chi connectivity index (χ3v) is 5.36. The third-order valence-electron chi connectivity index (χ3n) is 3.90. The van der Waals surface area contributed by atoms with Gasteiger partial charge >= 0.3 is 0 Å². The number of aromatic nitrogens is 2. The van der Waals surface area contributed by atoms with Gasteiger partial charge in [-0.15, -0.1) is 0 Å². The lowest BCUT2D eigenvalue weighted by atomic mass is 10.1. The molecule has 2 aromatic carbocycles. The zero-order valence-corrected chi connectivity index (χ0v) is 15.7. The van der Waals surface area contributed by atoms with Gasteiger partial charge in [-0.25, -0.2) is 12.8 Å². The second-order valence-corrected chi connectivity index (χ2v) is 7.58. The Hall–Kier alpha value is -2.78. The smallest absolute Gasteiger partial charge is 0.244 e. The van der Waals surface area contributed by atoms with E-state index in [0.717, 1.165) is 6.07 Å². The SMILES string of the molecule is COc1ccccc1[C@@H](NS(=O)(=O)c1ccc(C)cc1F)c1noc(C)n1. The van der Waals surface area contributed by atoms with E-state index in [4.69, 9.17) is 9.26 Å². The highest BCUT2D eigenvalue weighted by atomic mass is 32.2. The van der Waals surface area contributed by atoms with Crippen molar-refractivity contribution in [1.29, 1.82) is 0 Å². The van der Waals surface area contributed by atoms with Crippen molar-refractivity contribution in [1.82, 2.24) is 14.9 Å². The molecule has 1 atom stereocenters. The Bertz CT molecular complexity index is 1070. The van der Waals surface area contributed by atoms with E-state index >= 15 is 0 Å². The summed E-state index contributed by atoms with van der Waals surface area (Å²) in [5.74, 6) is -0.0543. The summed E-state index contributed by atoms with van der Waals surface area (Å²) in [4.78, 5) is 3.66. The van der Waals surface area contributed by atoms with Crippen LogP contribution in [-0.4, -0.2) is 25.7 Å². The largest absolute Gasteiger partial charge is 0.496 e. The summed E-state index contributed by atoms with van der Waals surface area (Å²) in [6.07, 6.45) is 0. The van der Waals surface area contributed by atoms with Crippen molar-refractivity contribution in [2.75, 3.05) is 7.11 Å². The van der Waals surface area contributed by atoms with Crippen LogP contribution in [0.2, 0.25) is 0 Å². The van der Waals surface area contributed by atoms with E-state index in [1.807, 2.05) is 0 Å². The predicted octanol–water partition coefficient (Wildman–Crippen LogP) is 2.90.